The molecule has 2 aromatic rings. The molecule has 6 heteroatoms. The number of hydrazine groups is 1. The highest BCUT2D eigenvalue weighted by Gasteiger charge is 2.31. The number of nitrogens with zero attached hydrogens (tertiary/aromatic N) is 3. The van der Waals surface area contributed by atoms with Crippen molar-refractivity contribution >= 4 is 5.91 Å². The number of amides is 1. The number of hydrogen-bond donors (Lipinski definition) is 2. The normalized spacial score (nSPS) is 23.2. The van der Waals surface area contributed by atoms with Gasteiger partial charge in [0, 0.05) is 37.8 Å². The lowest BCUT2D eigenvalue weighted by atomic mass is 10.0. The Kier molecular flexibility index (Phi) is 5.68. The zero-order valence-electron chi connectivity index (χ0n) is 15.8. The number of benzene rings is 2. The molecular weight excluding hydrogens is 350 g/mol. The van der Waals surface area contributed by atoms with Gasteiger partial charge in [0.15, 0.2) is 0 Å². The van der Waals surface area contributed by atoms with Crippen LogP contribution in [0.2, 0.25) is 0 Å². The predicted octanol–water partition coefficient (Wildman–Crippen LogP) is 2.27. The molecule has 2 unspecified atom stereocenters. The van der Waals surface area contributed by atoms with E-state index < -0.39 is 0 Å². The van der Waals surface area contributed by atoms with Crippen LogP contribution in [-0.2, 0) is 0 Å². The molecule has 2 heterocycles. The van der Waals surface area contributed by atoms with Crippen molar-refractivity contribution in [1.82, 2.24) is 20.7 Å². The van der Waals surface area contributed by atoms with Crippen LogP contribution in [0.3, 0.4) is 0 Å². The van der Waals surface area contributed by atoms with Gasteiger partial charge in [-0.2, -0.15) is 5.26 Å². The van der Waals surface area contributed by atoms with E-state index in [1.807, 2.05) is 11.0 Å². The van der Waals surface area contributed by atoms with E-state index >= 15 is 0 Å². The van der Waals surface area contributed by atoms with Gasteiger partial charge in [-0.25, -0.2) is 10.9 Å². The molecule has 0 aliphatic carbocycles. The minimum Gasteiger partial charge on any atom is -0.337 e. The van der Waals surface area contributed by atoms with Gasteiger partial charge in [-0.3, -0.25) is 9.69 Å². The number of nitrogens with one attached hydrogen (secondary N) is 2. The van der Waals surface area contributed by atoms with E-state index in [4.69, 9.17) is 5.26 Å². The monoisotopic (exact) mass is 375 g/mol. The third-order valence-electron chi connectivity index (χ3n) is 5.58. The van der Waals surface area contributed by atoms with Gasteiger partial charge in [0.1, 0.15) is 0 Å². The third-order valence-corrected chi connectivity index (χ3v) is 5.58. The highest BCUT2D eigenvalue weighted by Crippen LogP contribution is 2.24. The molecule has 0 saturated carbocycles. The van der Waals surface area contributed by atoms with Crippen molar-refractivity contribution in [2.24, 2.45) is 0 Å². The van der Waals surface area contributed by atoms with Crippen molar-refractivity contribution < 1.29 is 4.79 Å². The molecule has 1 amide bonds. The second-order valence-corrected chi connectivity index (χ2v) is 7.38. The molecule has 0 bridgehead atoms. The second kappa shape index (κ2) is 8.53. The molecule has 28 heavy (non-hydrogen) atoms. The fourth-order valence-electron chi connectivity index (χ4n) is 4.04. The fourth-order valence-corrected chi connectivity index (χ4v) is 4.04. The first-order valence-corrected chi connectivity index (χ1v) is 9.84. The molecule has 6 nitrogen and oxygen atoms in total. The van der Waals surface area contributed by atoms with Gasteiger partial charge in [-0.15, -0.1) is 0 Å². The van der Waals surface area contributed by atoms with Crippen molar-refractivity contribution in [3.63, 3.8) is 0 Å². The summed E-state index contributed by atoms with van der Waals surface area (Å²) < 4.78 is 0. The standard InChI is InChI=1S/C22H25N5O/c23-16-17-6-4-9-19(14-17)22(28)27-11-5-10-26(12-13-27)21-15-20(24-25-21)18-7-2-1-3-8-18/h1-4,6-9,14,20-21,24-25H,5,10-13,15H2. The second-order valence-electron chi connectivity index (χ2n) is 7.38. The topological polar surface area (TPSA) is 71.4 Å². The molecule has 2 aromatic carbocycles. The van der Waals surface area contributed by atoms with Crippen LogP contribution >= 0.6 is 0 Å². The SMILES string of the molecule is N#Cc1cccc(C(=O)N2CCCN(C3CC(c4ccccc4)NN3)CC2)c1. The number of nitriles is 1. The number of rotatable bonds is 3. The number of hydrogen-bond acceptors (Lipinski definition) is 5. The average molecular weight is 375 g/mol. The van der Waals surface area contributed by atoms with Crippen LogP contribution in [0, 0.1) is 11.3 Å². The Morgan fingerprint density at radius 2 is 1.86 bits per heavy atom. The maximum atomic E-state index is 12.9. The molecule has 4 rings (SSSR count). The molecular formula is C22H25N5O. The Morgan fingerprint density at radius 1 is 1.00 bits per heavy atom. The Balaban J connectivity index is 1.36. The van der Waals surface area contributed by atoms with E-state index in [0.717, 1.165) is 32.5 Å². The smallest absolute Gasteiger partial charge is 0.253 e. The minimum absolute atomic E-state index is 0.0126. The van der Waals surface area contributed by atoms with Crippen LogP contribution in [0.5, 0.6) is 0 Å². The van der Waals surface area contributed by atoms with Gasteiger partial charge in [0.2, 0.25) is 0 Å². The highest BCUT2D eigenvalue weighted by atomic mass is 16.2. The summed E-state index contributed by atoms with van der Waals surface area (Å²) in [6.07, 6.45) is 2.21. The van der Waals surface area contributed by atoms with Gasteiger partial charge in [-0.05, 0) is 36.6 Å². The van der Waals surface area contributed by atoms with Crippen LogP contribution in [-0.4, -0.2) is 48.1 Å². The molecule has 0 radical (unpaired) electrons. The molecule has 2 N–H and O–H groups in total. The van der Waals surface area contributed by atoms with Gasteiger partial charge in [-0.1, -0.05) is 36.4 Å². The summed E-state index contributed by atoms with van der Waals surface area (Å²) in [4.78, 5) is 17.2. The molecule has 0 spiro atoms. The van der Waals surface area contributed by atoms with Crippen molar-refractivity contribution in [3.05, 3.63) is 71.3 Å². The van der Waals surface area contributed by atoms with Crippen molar-refractivity contribution in [2.45, 2.75) is 25.0 Å². The largest absolute Gasteiger partial charge is 0.337 e. The summed E-state index contributed by atoms with van der Waals surface area (Å²) in [6, 6.07) is 19.9. The van der Waals surface area contributed by atoms with E-state index in [1.165, 1.54) is 5.56 Å². The van der Waals surface area contributed by atoms with E-state index in [-0.39, 0.29) is 12.1 Å². The zero-order valence-corrected chi connectivity index (χ0v) is 15.8. The summed E-state index contributed by atoms with van der Waals surface area (Å²) in [5.41, 5.74) is 9.25. The van der Waals surface area contributed by atoms with E-state index in [1.54, 1.807) is 24.3 Å². The van der Waals surface area contributed by atoms with Crippen LogP contribution < -0.4 is 10.9 Å². The van der Waals surface area contributed by atoms with E-state index in [0.29, 0.717) is 23.7 Å². The van der Waals surface area contributed by atoms with E-state index in [9.17, 15) is 4.79 Å². The molecule has 144 valence electrons. The Hall–Kier alpha value is -2.72. The maximum absolute atomic E-state index is 12.9. The van der Waals surface area contributed by atoms with Crippen molar-refractivity contribution in [1.29, 1.82) is 5.26 Å². The van der Waals surface area contributed by atoms with E-state index in [2.05, 4.69) is 46.1 Å². The van der Waals surface area contributed by atoms with Gasteiger partial charge in [0.05, 0.1) is 17.8 Å². The zero-order chi connectivity index (χ0) is 19.3. The number of carbonyl (C=O) groups is 1. The van der Waals surface area contributed by atoms with Crippen LogP contribution in [0.1, 0.15) is 40.4 Å². The van der Waals surface area contributed by atoms with Gasteiger partial charge in [0.25, 0.3) is 5.91 Å². The average Bonchev–Trinajstić information content (AvgIpc) is 3.12. The first-order chi connectivity index (χ1) is 13.7. The van der Waals surface area contributed by atoms with Crippen LogP contribution in [0.25, 0.3) is 0 Å². The van der Waals surface area contributed by atoms with Crippen LogP contribution in [0.15, 0.2) is 54.6 Å². The predicted molar refractivity (Wildman–Crippen MR) is 107 cm³/mol. The molecule has 2 saturated heterocycles. The molecule has 2 fully saturated rings. The Labute approximate surface area is 165 Å². The molecule has 2 atom stereocenters. The lowest BCUT2D eigenvalue weighted by molar-refractivity contribution is 0.0756. The summed E-state index contributed by atoms with van der Waals surface area (Å²) in [5, 5.41) is 9.06. The quantitative estimate of drug-likeness (QED) is 0.861. The molecule has 2 aliphatic rings. The summed E-state index contributed by atoms with van der Waals surface area (Å²) in [7, 11) is 0. The molecule has 0 aromatic heterocycles. The van der Waals surface area contributed by atoms with Crippen LogP contribution in [0.4, 0.5) is 0 Å². The number of carbonyl (C=O) groups excluding carboxylic acids is 1. The molecule has 2 aliphatic heterocycles. The van der Waals surface area contributed by atoms with Crippen molar-refractivity contribution in [2.75, 3.05) is 26.2 Å². The van der Waals surface area contributed by atoms with Gasteiger partial charge < -0.3 is 4.90 Å². The lowest BCUT2D eigenvalue weighted by Crippen LogP contribution is -2.46. The Bertz CT molecular complexity index is 863. The first-order valence-electron chi connectivity index (χ1n) is 9.84. The first kappa shape index (κ1) is 18.6. The fraction of sp³-hybridized carbons (Fsp3) is 0.364. The summed E-state index contributed by atoms with van der Waals surface area (Å²) in [6.45, 7) is 3.24. The minimum atomic E-state index is 0.0126. The van der Waals surface area contributed by atoms with Gasteiger partial charge >= 0.3 is 0 Å². The lowest BCUT2D eigenvalue weighted by Gasteiger charge is -2.27. The van der Waals surface area contributed by atoms with Crippen molar-refractivity contribution in [3.8, 4) is 6.07 Å². The summed E-state index contributed by atoms with van der Waals surface area (Å²) >= 11 is 0. The summed E-state index contributed by atoms with van der Waals surface area (Å²) in [5.74, 6) is 0.0126. The third kappa shape index (κ3) is 4.07. The maximum Gasteiger partial charge on any atom is 0.253 e. The highest BCUT2D eigenvalue weighted by molar-refractivity contribution is 5.94. The Morgan fingerprint density at radius 3 is 2.68 bits per heavy atom.